The van der Waals surface area contributed by atoms with E-state index in [1.54, 1.807) is 0 Å². The molecular weight excluding hydrogens is 150 g/mol. The fraction of sp³-hybridized carbons (Fsp3) is 0.800. The standard InChI is InChI=1S/C10H17NO/c1-2-4-9(5-3-1)10-8-11-6-7-12-10/h2,4,9-11H,1,3,5-8H2. The maximum absolute atomic E-state index is 5.70. The molecule has 0 aromatic carbocycles. The van der Waals surface area contributed by atoms with Crippen LogP contribution < -0.4 is 5.32 Å². The van der Waals surface area contributed by atoms with Crippen LogP contribution in [0, 0.1) is 5.92 Å². The second kappa shape index (κ2) is 4.06. The smallest absolute Gasteiger partial charge is 0.0762 e. The lowest BCUT2D eigenvalue weighted by atomic mass is 9.90. The van der Waals surface area contributed by atoms with Gasteiger partial charge in [0, 0.05) is 19.0 Å². The first-order valence-electron chi connectivity index (χ1n) is 4.96. The van der Waals surface area contributed by atoms with E-state index >= 15 is 0 Å². The van der Waals surface area contributed by atoms with Crippen molar-refractivity contribution < 1.29 is 4.74 Å². The molecule has 0 aromatic heterocycles. The average molecular weight is 167 g/mol. The van der Waals surface area contributed by atoms with Crippen molar-refractivity contribution >= 4 is 0 Å². The van der Waals surface area contributed by atoms with E-state index in [4.69, 9.17) is 4.74 Å². The normalized spacial score (nSPS) is 36.7. The molecule has 0 aromatic rings. The van der Waals surface area contributed by atoms with E-state index in [1.807, 2.05) is 0 Å². The van der Waals surface area contributed by atoms with Crippen LogP contribution in [-0.2, 0) is 4.74 Å². The third-order valence-corrected chi connectivity index (χ3v) is 2.73. The van der Waals surface area contributed by atoms with E-state index in [9.17, 15) is 0 Å². The van der Waals surface area contributed by atoms with Crippen molar-refractivity contribution in [1.82, 2.24) is 5.32 Å². The highest BCUT2D eigenvalue weighted by Gasteiger charge is 2.22. The Bertz CT molecular complexity index is 161. The Morgan fingerprint density at radius 1 is 1.42 bits per heavy atom. The summed E-state index contributed by atoms with van der Waals surface area (Å²) in [6.07, 6.45) is 8.98. The van der Waals surface area contributed by atoms with Crippen molar-refractivity contribution in [2.45, 2.75) is 25.4 Å². The monoisotopic (exact) mass is 167 g/mol. The first-order valence-corrected chi connectivity index (χ1v) is 4.96. The number of morpholine rings is 1. The van der Waals surface area contributed by atoms with Crippen molar-refractivity contribution in [2.75, 3.05) is 19.7 Å². The summed E-state index contributed by atoms with van der Waals surface area (Å²) < 4.78 is 5.70. The van der Waals surface area contributed by atoms with Gasteiger partial charge in [0.05, 0.1) is 12.7 Å². The summed E-state index contributed by atoms with van der Waals surface area (Å²) in [5, 5.41) is 3.37. The molecule has 1 N–H and O–H groups in total. The summed E-state index contributed by atoms with van der Waals surface area (Å²) in [4.78, 5) is 0. The maximum Gasteiger partial charge on any atom is 0.0762 e. The molecule has 12 heavy (non-hydrogen) atoms. The van der Waals surface area contributed by atoms with Gasteiger partial charge in [-0.1, -0.05) is 12.2 Å². The Morgan fingerprint density at radius 3 is 3.08 bits per heavy atom. The van der Waals surface area contributed by atoms with Gasteiger partial charge in [0.15, 0.2) is 0 Å². The van der Waals surface area contributed by atoms with Crippen LogP contribution in [0.5, 0.6) is 0 Å². The molecule has 0 bridgehead atoms. The Morgan fingerprint density at radius 2 is 2.42 bits per heavy atom. The molecule has 0 spiro atoms. The van der Waals surface area contributed by atoms with Crippen LogP contribution in [0.4, 0.5) is 0 Å². The fourth-order valence-electron chi connectivity index (χ4n) is 2.01. The Kier molecular flexibility index (Phi) is 2.79. The van der Waals surface area contributed by atoms with Gasteiger partial charge in [-0.25, -0.2) is 0 Å². The topological polar surface area (TPSA) is 21.3 Å². The Labute approximate surface area is 74.0 Å². The van der Waals surface area contributed by atoms with Crippen molar-refractivity contribution in [3.05, 3.63) is 12.2 Å². The summed E-state index contributed by atoms with van der Waals surface area (Å²) in [7, 11) is 0. The van der Waals surface area contributed by atoms with Crippen LogP contribution in [0.25, 0.3) is 0 Å². The molecular formula is C10H17NO. The van der Waals surface area contributed by atoms with Gasteiger partial charge in [0.1, 0.15) is 0 Å². The van der Waals surface area contributed by atoms with Crippen LogP contribution in [-0.4, -0.2) is 25.8 Å². The number of rotatable bonds is 1. The number of hydrogen-bond donors (Lipinski definition) is 1. The van der Waals surface area contributed by atoms with Gasteiger partial charge in [-0.05, 0) is 19.3 Å². The quantitative estimate of drug-likeness (QED) is 0.595. The predicted octanol–water partition coefficient (Wildman–Crippen LogP) is 1.33. The minimum Gasteiger partial charge on any atom is -0.375 e. The molecule has 1 heterocycles. The van der Waals surface area contributed by atoms with Crippen molar-refractivity contribution in [1.29, 1.82) is 0 Å². The summed E-state index contributed by atoms with van der Waals surface area (Å²) >= 11 is 0. The van der Waals surface area contributed by atoms with Crippen molar-refractivity contribution in [3.8, 4) is 0 Å². The SMILES string of the molecule is C1=CC(C2CNCCO2)CCC1. The molecule has 2 rings (SSSR count). The zero-order valence-electron chi connectivity index (χ0n) is 7.46. The molecule has 1 saturated heterocycles. The van der Waals surface area contributed by atoms with Crippen LogP contribution in [0.3, 0.4) is 0 Å². The van der Waals surface area contributed by atoms with Gasteiger partial charge >= 0.3 is 0 Å². The first kappa shape index (κ1) is 8.27. The van der Waals surface area contributed by atoms with Crippen LogP contribution in [0.15, 0.2) is 12.2 Å². The van der Waals surface area contributed by atoms with Gasteiger partial charge < -0.3 is 10.1 Å². The van der Waals surface area contributed by atoms with Crippen molar-refractivity contribution in [2.24, 2.45) is 5.92 Å². The van der Waals surface area contributed by atoms with Crippen LogP contribution in [0.2, 0.25) is 0 Å². The largest absolute Gasteiger partial charge is 0.375 e. The van der Waals surface area contributed by atoms with E-state index < -0.39 is 0 Å². The highest BCUT2D eigenvalue weighted by molar-refractivity contribution is 4.97. The number of allylic oxidation sites excluding steroid dienone is 1. The zero-order chi connectivity index (χ0) is 8.23. The van der Waals surface area contributed by atoms with E-state index in [-0.39, 0.29) is 0 Å². The third kappa shape index (κ3) is 1.87. The molecule has 0 saturated carbocycles. The Hall–Kier alpha value is -0.340. The maximum atomic E-state index is 5.70. The van der Waals surface area contributed by atoms with Crippen LogP contribution >= 0.6 is 0 Å². The summed E-state index contributed by atoms with van der Waals surface area (Å²) in [5.41, 5.74) is 0. The Balaban J connectivity index is 1.88. The molecule has 1 fully saturated rings. The fourth-order valence-corrected chi connectivity index (χ4v) is 2.01. The average Bonchev–Trinajstić information content (AvgIpc) is 2.21. The molecule has 2 atom stereocenters. The molecule has 68 valence electrons. The molecule has 1 aliphatic heterocycles. The molecule has 2 aliphatic rings. The minimum absolute atomic E-state index is 0.440. The molecule has 2 heteroatoms. The van der Waals surface area contributed by atoms with E-state index in [0.717, 1.165) is 19.7 Å². The highest BCUT2D eigenvalue weighted by Crippen LogP contribution is 2.22. The second-order valence-corrected chi connectivity index (χ2v) is 3.64. The summed E-state index contributed by atoms with van der Waals surface area (Å²) in [6.45, 7) is 2.94. The summed E-state index contributed by atoms with van der Waals surface area (Å²) in [5.74, 6) is 0.673. The van der Waals surface area contributed by atoms with Gasteiger partial charge in [-0.15, -0.1) is 0 Å². The number of hydrogen-bond acceptors (Lipinski definition) is 2. The van der Waals surface area contributed by atoms with E-state index in [1.165, 1.54) is 19.3 Å². The molecule has 0 radical (unpaired) electrons. The van der Waals surface area contributed by atoms with Crippen LogP contribution in [0.1, 0.15) is 19.3 Å². The lowest BCUT2D eigenvalue weighted by Gasteiger charge is -2.30. The lowest BCUT2D eigenvalue weighted by Crippen LogP contribution is -2.42. The number of ether oxygens (including phenoxy) is 1. The van der Waals surface area contributed by atoms with Crippen molar-refractivity contribution in [3.63, 3.8) is 0 Å². The van der Waals surface area contributed by atoms with Gasteiger partial charge in [-0.3, -0.25) is 0 Å². The predicted molar refractivity (Wildman–Crippen MR) is 49.1 cm³/mol. The highest BCUT2D eigenvalue weighted by atomic mass is 16.5. The molecule has 1 aliphatic carbocycles. The number of nitrogens with one attached hydrogen (secondary N) is 1. The summed E-state index contributed by atoms with van der Waals surface area (Å²) in [6, 6.07) is 0. The molecule has 2 nitrogen and oxygen atoms in total. The van der Waals surface area contributed by atoms with E-state index in [2.05, 4.69) is 17.5 Å². The molecule has 2 unspecified atom stereocenters. The first-order chi connectivity index (χ1) is 5.97. The minimum atomic E-state index is 0.440. The second-order valence-electron chi connectivity index (χ2n) is 3.64. The zero-order valence-corrected chi connectivity index (χ0v) is 7.46. The molecule has 0 amide bonds. The van der Waals surface area contributed by atoms with E-state index in [0.29, 0.717) is 12.0 Å². The third-order valence-electron chi connectivity index (χ3n) is 2.73. The van der Waals surface area contributed by atoms with Gasteiger partial charge in [0.2, 0.25) is 0 Å². The van der Waals surface area contributed by atoms with Gasteiger partial charge in [-0.2, -0.15) is 0 Å². The lowest BCUT2D eigenvalue weighted by molar-refractivity contribution is -0.0000909. The van der Waals surface area contributed by atoms with Gasteiger partial charge in [0.25, 0.3) is 0 Å².